The molecule has 0 aromatic heterocycles. The van der Waals surface area contributed by atoms with Crippen LogP contribution in [-0.4, -0.2) is 17.6 Å². The summed E-state index contributed by atoms with van der Waals surface area (Å²) in [5, 5.41) is 12.9. The van der Waals surface area contributed by atoms with Gasteiger partial charge in [0.1, 0.15) is 5.82 Å². The van der Waals surface area contributed by atoms with Crippen molar-refractivity contribution in [2.24, 2.45) is 5.41 Å². The van der Waals surface area contributed by atoms with E-state index in [9.17, 15) is 14.3 Å². The minimum atomic E-state index is -0.751. The lowest BCUT2D eigenvalue weighted by atomic mass is 9.82. The van der Waals surface area contributed by atoms with Gasteiger partial charge in [0.2, 0.25) is 0 Å². The maximum Gasteiger partial charge on any atom is 0.310 e. The molecule has 0 saturated heterocycles. The van der Waals surface area contributed by atoms with Gasteiger partial charge < -0.3 is 10.4 Å². The van der Waals surface area contributed by atoms with E-state index in [-0.39, 0.29) is 11.9 Å². The number of carboxylic acids is 1. The normalized spacial score (nSPS) is 17.8. The number of hydrogen-bond acceptors (Lipinski definition) is 2. The molecule has 0 amide bonds. The molecule has 1 unspecified atom stereocenters. The molecule has 1 aliphatic rings. The molecule has 0 spiro atoms. The Morgan fingerprint density at radius 1 is 1.48 bits per heavy atom. The van der Waals surface area contributed by atoms with Gasteiger partial charge in [-0.3, -0.25) is 4.79 Å². The van der Waals surface area contributed by atoms with Crippen LogP contribution in [0.2, 0.25) is 0 Å². The fourth-order valence-electron chi connectivity index (χ4n) is 3.04. The van der Waals surface area contributed by atoms with Gasteiger partial charge in [-0.15, -0.1) is 0 Å². The van der Waals surface area contributed by atoms with Crippen molar-refractivity contribution in [3.05, 3.63) is 33.5 Å². The highest BCUT2D eigenvalue weighted by atomic mass is 79.9. The maximum atomic E-state index is 13.5. The van der Waals surface area contributed by atoms with Crippen molar-refractivity contribution in [3.8, 4) is 0 Å². The maximum absolute atomic E-state index is 13.5. The number of carboxylic acid groups (broad SMARTS) is 1. The second-order valence-corrected chi connectivity index (χ2v) is 6.49. The smallest absolute Gasteiger partial charge is 0.310 e. The molecule has 2 N–H and O–H groups in total. The van der Waals surface area contributed by atoms with Gasteiger partial charge in [0.05, 0.1) is 9.89 Å². The van der Waals surface area contributed by atoms with Gasteiger partial charge in [-0.25, -0.2) is 4.39 Å². The molecule has 1 aromatic rings. The summed E-state index contributed by atoms with van der Waals surface area (Å²) < 4.78 is 14.1. The van der Waals surface area contributed by atoms with E-state index < -0.39 is 11.4 Å². The van der Waals surface area contributed by atoms with Crippen LogP contribution in [0.25, 0.3) is 0 Å². The first-order valence-electron chi connectivity index (χ1n) is 7.38. The lowest BCUT2D eigenvalue weighted by molar-refractivity contribution is -0.149. The molecule has 1 aromatic carbocycles. The summed E-state index contributed by atoms with van der Waals surface area (Å²) in [5.41, 5.74) is 1.36. The fraction of sp³-hybridized carbons (Fsp3) is 0.562. The average Bonchev–Trinajstić information content (AvgIpc) is 2.88. The third-order valence-electron chi connectivity index (χ3n) is 4.78. The molecule has 0 heterocycles. The minimum absolute atomic E-state index is 0.105. The van der Waals surface area contributed by atoms with E-state index in [1.165, 1.54) is 6.07 Å². The highest BCUT2D eigenvalue weighted by Crippen LogP contribution is 2.38. The Morgan fingerprint density at radius 2 is 2.14 bits per heavy atom. The summed E-state index contributed by atoms with van der Waals surface area (Å²) in [6, 6.07) is 3.38. The minimum Gasteiger partial charge on any atom is -0.481 e. The van der Waals surface area contributed by atoms with Gasteiger partial charge in [0, 0.05) is 12.6 Å². The number of aliphatic carboxylic acids is 1. The molecular weight excluding hydrogens is 337 g/mol. The van der Waals surface area contributed by atoms with Crippen molar-refractivity contribution in [1.82, 2.24) is 5.32 Å². The number of hydrogen-bond donors (Lipinski definition) is 2. The van der Waals surface area contributed by atoms with Crippen molar-refractivity contribution in [2.45, 2.75) is 45.6 Å². The van der Waals surface area contributed by atoms with Crippen LogP contribution in [0.4, 0.5) is 4.39 Å². The molecular formula is C16H21BrFNO2. The molecule has 0 saturated carbocycles. The van der Waals surface area contributed by atoms with E-state index in [4.69, 9.17) is 0 Å². The van der Waals surface area contributed by atoms with Crippen LogP contribution in [0.3, 0.4) is 0 Å². The van der Waals surface area contributed by atoms with Crippen molar-refractivity contribution in [3.63, 3.8) is 0 Å². The Kier molecular flexibility index (Phi) is 5.04. The summed E-state index contributed by atoms with van der Waals surface area (Å²) in [6.07, 6.45) is 2.88. The van der Waals surface area contributed by atoms with Crippen LogP contribution in [0, 0.1) is 11.2 Å². The number of nitrogens with one attached hydrogen (secondary N) is 1. The number of fused-ring (bicyclic) bond motifs is 1. The second kappa shape index (κ2) is 6.44. The van der Waals surface area contributed by atoms with Gasteiger partial charge in [-0.1, -0.05) is 19.9 Å². The van der Waals surface area contributed by atoms with Gasteiger partial charge in [-0.05, 0) is 58.8 Å². The van der Waals surface area contributed by atoms with Crippen molar-refractivity contribution >= 4 is 21.9 Å². The van der Waals surface area contributed by atoms with Crippen LogP contribution in [-0.2, 0) is 11.2 Å². The summed E-state index contributed by atoms with van der Waals surface area (Å²) in [6.45, 7) is 4.26. The first-order chi connectivity index (χ1) is 9.95. The van der Waals surface area contributed by atoms with E-state index in [1.54, 1.807) is 6.07 Å². The van der Waals surface area contributed by atoms with Crippen molar-refractivity contribution in [1.29, 1.82) is 0 Å². The molecule has 21 heavy (non-hydrogen) atoms. The summed E-state index contributed by atoms with van der Waals surface area (Å²) in [7, 11) is 0. The van der Waals surface area contributed by atoms with E-state index >= 15 is 0 Å². The SMILES string of the molecule is CCC(CC)(CNC1CCc2c1ccc(F)c2Br)C(=O)O. The second-order valence-electron chi connectivity index (χ2n) is 5.69. The molecule has 0 bridgehead atoms. The quantitative estimate of drug-likeness (QED) is 0.807. The van der Waals surface area contributed by atoms with Crippen LogP contribution in [0.5, 0.6) is 0 Å². The lowest BCUT2D eigenvalue weighted by Crippen LogP contribution is -2.41. The molecule has 2 rings (SSSR count). The summed E-state index contributed by atoms with van der Waals surface area (Å²) in [4.78, 5) is 11.5. The topological polar surface area (TPSA) is 49.3 Å². The van der Waals surface area contributed by atoms with E-state index in [0.717, 1.165) is 24.0 Å². The average molecular weight is 358 g/mol. The molecule has 0 aliphatic heterocycles. The number of carbonyl (C=O) groups is 1. The Morgan fingerprint density at radius 3 is 2.71 bits per heavy atom. The Bertz CT molecular complexity index is 543. The molecule has 116 valence electrons. The van der Waals surface area contributed by atoms with Crippen LogP contribution >= 0.6 is 15.9 Å². The summed E-state index contributed by atoms with van der Waals surface area (Å²) in [5.74, 6) is -0.991. The third kappa shape index (κ3) is 2.99. The highest BCUT2D eigenvalue weighted by molar-refractivity contribution is 9.10. The molecule has 0 radical (unpaired) electrons. The van der Waals surface area contributed by atoms with Crippen molar-refractivity contribution in [2.75, 3.05) is 6.54 Å². The van der Waals surface area contributed by atoms with E-state index in [0.29, 0.717) is 23.9 Å². The largest absolute Gasteiger partial charge is 0.481 e. The van der Waals surface area contributed by atoms with Gasteiger partial charge >= 0.3 is 5.97 Å². The molecule has 0 fully saturated rings. The standard InChI is InChI=1S/C16H21BrFNO2/c1-3-16(4-2,15(20)21)9-19-13-8-6-11-10(13)5-7-12(18)14(11)17/h5,7,13,19H,3-4,6,8-9H2,1-2H3,(H,20,21). The van der Waals surface area contributed by atoms with Crippen LogP contribution in [0.15, 0.2) is 16.6 Å². The third-order valence-corrected chi connectivity index (χ3v) is 5.64. The Hall–Kier alpha value is -0.940. The van der Waals surface area contributed by atoms with E-state index in [2.05, 4.69) is 21.2 Å². The fourth-order valence-corrected chi connectivity index (χ4v) is 3.60. The van der Waals surface area contributed by atoms with Crippen LogP contribution in [0.1, 0.15) is 50.3 Å². The summed E-state index contributed by atoms with van der Waals surface area (Å²) >= 11 is 3.30. The van der Waals surface area contributed by atoms with Crippen LogP contribution < -0.4 is 5.32 Å². The monoisotopic (exact) mass is 357 g/mol. The molecule has 1 aliphatic carbocycles. The zero-order valence-corrected chi connectivity index (χ0v) is 14.0. The predicted octanol–water partition coefficient (Wildman–Crippen LogP) is 4.06. The molecule has 1 atom stereocenters. The van der Waals surface area contributed by atoms with Crippen molar-refractivity contribution < 1.29 is 14.3 Å². The molecule has 5 heteroatoms. The van der Waals surface area contributed by atoms with Gasteiger partial charge in [0.15, 0.2) is 0 Å². The first-order valence-corrected chi connectivity index (χ1v) is 8.18. The highest BCUT2D eigenvalue weighted by Gasteiger charge is 2.36. The number of halogens is 2. The van der Waals surface area contributed by atoms with E-state index in [1.807, 2.05) is 13.8 Å². The number of benzene rings is 1. The molecule has 3 nitrogen and oxygen atoms in total. The Labute approximate surface area is 133 Å². The zero-order chi connectivity index (χ0) is 15.6. The lowest BCUT2D eigenvalue weighted by Gasteiger charge is -2.29. The van der Waals surface area contributed by atoms with Gasteiger partial charge in [0.25, 0.3) is 0 Å². The van der Waals surface area contributed by atoms with Gasteiger partial charge in [-0.2, -0.15) is 0 Å². The zero-order valence-electron chi connectivity index (χ0n) is 12.4. The Balaban J connectivity index is 2.14. The predicted molar refractivity (Wildman–Crippen MR) is 83.8 cm³/mol. The first kappa shape index (κ1) is 16.4. The number of rotatable bonds is 6.